The number of carbonyl (C=O) groups is 1. The van der Waals surface area contributed by atoms with Gasteiger partial charge < -0.3 is 48.1 Å². The lowest BCUT2D eigenvalue weighted by atomic mass is 9.72. The van der Waals surface area contributed by atoms with Gasteiger partial charge in [-0.05, 0) is 167 Å². The maximum absolute atomic E-state index is 12.7. The number of aliphatic hydroxyl groups is 2. The fourth-order valence-electron chi connectivity index (χ4n) is 10.5. The van der Waals surface area contributed by atoms with Crippen LogP contribution in [0.2, 0.25) is 0 Å². The summed E-state index contributed by atoms with van der Waals surface area (Å²) in [4.78, 5) is 41.3. The predicted molar refractivity (Wildman–Crippen MR) is 341 cm³/mol. The quantitative estimate of drug-likeness (QED) is 0.0474. The first kappa shape index (κ1) is 61.7. The van der Waals surface area contributed by atoms with Crippen molar-refractivity contribution in [2.24, 2.45) is 5.73 Å². The average Bonchev–Trinajstić information content (AvgIpc) is 1.95. The number of imidazole rings is 2. The Morgan fingerprint density at radius 3 is 1.43 bits per heavy atom. The van der Waals surface area contributed by atoms with E-state index in [9.17, 15) is 9.90 Å². The number of benzene rings is 4. The van der Waals surface area contributed by atoms with E-state index in [1.807, 2.05) is 151 Å². The monoisotopic (exact) mass is 1190 g/mol. The SMILES string of the molecule is CC(C)(C)OC(=O)NC1(c2ccc(-n3c(-c4cccnc4N)nc4ccc(-c5cccc(NCCO)c5)nc43)cc2)CCC1.Cl.Cl.Cl.Nc1ncccc1-c1nc2ccc(-c3cccc(NCCO)c3)nc2n1-c1ccc(C2(N)CCC2)cc1. The van der Waals surface area contributed by atoms with Gasteiger partial charge in [0.25, 0.3) is 0 Å². The second-order valence-corrected chi connectivity index (χ2v) is 21.6. The number of hydrogen-bond acceptors (Lipinski definition) is 15. The van der Waals surface area contributed by atoms with Gasteiger partial charge in [0.05, 0.1) is 41.3 Å². The van der Waals surface area contributed by atoms with Gasteiger partial charge in [0, 0.05) is 64.9 Å². The molecule has 12 rings (SSSR count). The molecule has 84 heavy (non-hydrogen) atoms. The smallest absolute Gasteiger partial charge is 0.408 e. The van der Waals surface area contributed by atoms with Crippen LogP contribution in [0, 0.1) is 0 Å². The number of halogens is 3. The zero-order chi connectivity index (χ0) is 56.3. The van der Waals surface area contributed by atoms with Crippen LogP contribution < -0.4 is 33.2 Å². The number of anilines is 4. The largest absolute Gasteiger partial charge is 0.444 e. The molecule has 11 N–H and O–H groups in total. The number of carbonyl (C=O) groups excluding carboxylic acids is 1. The van der Waals surface area contributed by atoms with Crippen LogP contribution in [-0.2, 0) is 15.8 Å². The molecule has 2 aliphatic rings. The molecule has 2 aliphatic carbocycles. The highest BCUT2D eigenvalue weighted by atomic mass is 35.5. The number of aromatic nitrogens is 8. The average molecular weight is 1190 g/mol. The summed E-state index contributed by atoms with van der Waals surface area (Å²) in [6.07, 6.45) is 8.81. The van der Waals surface area contributed by atoms with E-state index in [0.29, 0.717) is 53.1 Å². The Balaban J connectivity index is 0.000000214. The van der Waals surface area contributed by atoms with Crippen LogP contribution in [0.15, 0.2) is 158 Å². The lowest BCUT2D eigenvalue weighted by molar-refractivity contribution is 0.0377. The van der Waals surface area contributed by atoms with Gasteiger partial charge in [0.1, 0.15) is 28.3 Å². The van der Waals surface area contributed by atoms with E-state index in [1.165, 1.54) is 0 Å². The Bertz CT molecular complexity index is 3900. The Kier molecular flexibility index (Phi) is 19.1. The molecule has 6 heterocycles. The molecule has 10 aromatic rings. The van der Waals surface area contributed by atoms with Gasteiger partial charge in [-0.3, -0.25) is 9.13 Å². The molecule has 0 atom stereocenters. The summed E-state index contributed by atoms with van der Waals surface area (Å²) >= 11 is 0. The predicted octanol–water partition coefficient (Wildman–Crippen LogP) is 11.8. The first-order valence-electron chi connectivity index (χ1n) is 27.3. The van der Waals surface area contributed by atoms with Gasteiger partial charge in [-0.15, -0.1) is 37.2 Å². The normalized spacial score (nSPS) is 13.8. The number of nitrogen functional groups attached to an aromatic ring is 2. The molecule has 0 bridgehead atoms. The molecule has 21 heteroatoms. The zero-order valence-corrected chi connectivity index (χ0v) is 49.3. The molecule has 18 nitrogen and oxygen atoms in total. The minimum Gasteiger partial charge on any atom is -0.444 e. The number of hydrogen-bond donors (Lipinski definition) is 8. The molecular weight excluding hydrogens is 1120 g/mol. The summed E-state index contributed by atoms with van der Waals surface area (Å²) in [5.74, 6) is 2.10. The van der Waals surface area contributed by atoms with Gasteiger partial charge in [-0.25, -0.2) is 34.7 Å². The molecular formula is C63H69Cl3N14O4. The number of nitrogens with two attached hydrogens (primary N) is 3. The third-order valence-electron chi connectivity index (χ3n) is 14.9. The summed E-state index contributed by atoms with van der Waals surface area (Å²) in [6.45, 7) is 6.65. The summed E-state index contributed by atoms with van der Waals surface area (Å²) < 4.78 is 9.60. The minimum atomic E-state index is -0.574. The molecule has 436 valence electrons. The van der Waals surface area contributed by atoms with Gasteiger partial charge in [-0.1, -0.05) is 48.5 Å². The van der Waals surface area contributed by atoms with E-state index < -0.39 is 17.2 Å². The van der Waals surface area contributed by atoms with Gasteiger partial charge in [0.2, 0.25) is 0 Å². The van der Waals surface area contributed by atoms with Crippen LogP contribution in [0.1, 0.15) is 70.4 Å². The first-order chi connectivity index (χ1) is 39.2. The number of pyridine rings is 4. The van der Waals surface area contributed by atoms with Crippen LogP contribution in [0.5, 0.6) is 0 Å². The maximum Gasteiger partial charge on any atom is 0.408 e. The molecule has 0 spiro atoms. The van der Waals surface area contributed by atoms with Crippen molar-refractivity contribution < 1.29 is 19.7 Å². The topological polar surface area (TPSA) is 268 Å². The summed E-state index contributed by atoms with van der Waals surface area (Å²) in [5.41, 5.74) is 31.5. The number of alkyl carbamates (subject to hydrolysis) is 1. The van der Waals surface area contributed by atoms with Crippen LogP contribution in [-0.4, -0.2) is 87.2 Å². The standard InChI is InChI=1S/C34H37N7O3.C29H29N7O.3ClH/c1-33(2,3)44-32(43)40-34(16-6-17-34)23-10-12-25(13-11-23)41-30(26-9-5-18-37-29(26)35)39-28-15-14-27(38-31(28)41)22-7-4-8-24(21-22)36-19-20-42;30-26-23(6-2-15-33-26)27-35-25-12-11-24(19-4-1-5-21(18-19)32-16-17-37)34-28(25)36(27)22-9-7-20(8-10-22)29(31)13-3-14-29;;;/h4-5,7-15,18,21,36,42H,6,16-17,19-20H2,1-3H3,(H2,35,37)(H,40,43);1-2,4-12,15,18,32,37H,3,13-14,16-17,31H2,(H2,30,33);3*1H. The molecule has 0 aliphatic heterocycles. The number of ether oxygens (including phenoxy) is 1. The highest BCUT2D eigenvalue weighted by Crippen LogP contribution is 2.43. The zero-order valence-electron chi connectivity index (χ0n) is 46.8. The molecule has 0 unspecified atom stereocenters. The third-order valence-corrected chi connectivity index (χ3v) is 14.9. The highest BCUT2D eigenvalue weighted by Gasteiger charge is 2.41. The fraction of sp³-hybridized carbons (Fsp3) is 0.254. The van der Waals surface area contributed by atoms with E-state index in [0.717, 1.165) is 112 Å². The summed E-state index contributed by atoms with van der Waals surface area (Å²) in [5, 5.41) is 27.9. The van der Waals surface area contributed by atoms with Crippen molar-refractivity contribution in [2.75, 3.05) is 48.4 Å². The fourth-order valence-corrected chi connectivity index (χ4v) is 10.5. The number of nitrogens with one attached hydrogen (secondary N) is 3. The minimum absolute atomic E-state index is 0. The van der Waals surface area contributed by atoms with Gasteiger partial charge in [0.15, 0.2) is 22.9 Å². The maximum atomic E-state index is 12.7. The van der Waals surface area contributed by atoms with Gasteiger partial charge >= 0.3 is 6.09 Å². The third kappa shape index (κ3) is 12.9. The Morgan fingerprint density at radius 1 is 0.583 bits per heavy atom. The van der Waals surface area contributed by atoms with Crippen molar-refractivity contribution in [1.29, 1.82) is 0 Å². The summed E-state index contributed by atoms with van der Waals surface area (Å²) in [7, 11) is 0. The number of rotatable bonds is 15. The number of amides is 1. The molecule has 2 fully saturated rings. The molecule has 0 saturated heterocycles. The molecule has 4 aromatic carbocycles. The van der Waals surface area contributed by atoms with E-state index in [1.54, 1.807) is 12.4 Å². The van der Waals surface area contributed by atoms with Crippen molar-refractivity contribution in [3.63, 3.8) is 0 Å². The van der Waals surface area contributed by atoms with Crippen molar-refractivity contribution in [3.05, 3.63) is 169 Å². The number of nitrogens with zero attached hydrogens (tertiary/aromatic N) is 8. The molecule has 0 radical (unpaired) electrons. The van der Waals surface area contributed by atoms with Crippen LogP contribution in [0.3, 0.4) is 0 Å². The van der Waals surface area contributed by atoms with Crippen molar-refractivity contribution in [2.45, 2.75) is 76.0 Å². The van der Waals surface area contributed by atoms with Crippen molar-refractivity contribution in [1.82, 2.24) is 44.4 Å². The lowest BCUT2D eigenvalue weighted by Gasteiger charge is -2.43. The van der Waals surface area contributed by atoms with E-state index >= 15 is 0 Å². The highest BCUT2D eigenvalue weighted by molar-refractivity contribution is 5.87. The van der Waals surface area contributed by atoms with E-state index in [4.69, 9.17) is 47.0 Å². The van der Waals surface area contributed by atoms with Gasteiger partial charge in [-0.2, -0.15) is 0 Å². The van der Waals surface area contributed by atoms with Crippen LogP contribution in [0.25, 0.3) is 79.0 Å². The van der Waals surface area contributed by atoms with E-state index in [-0.39, 0.29) is 56.0 Å². The number of aliphatic hydroxyl groups excluding tert-OH is 2. The van der Waals surface area contributed by atoms with Crippen LogP contribution >= 0.6 is 37.2 Å². The first-order valence-corrected chi connectivity index (χ1v) is 27.3. The lowest BCUT2D eigenvalue weighted by Crippen LogP contribution is -2.52. The van der Waals surface area contributed by atoms with Crippen LogP contribution in [0.4, 0.5) is 27.8 Å². The second-order valence-electron chi connectivity index (χ2n) is 21.6. The Hall–Kier alpha value is -8.36. The second kappa shape index (κ2) is 26.1. The van der Waals surface area contributed by atoms with Crippen molar-refractivity contribution in [3.8, 4) is 56.7 Å². The Morgan fingerprint density at radius 2 is 1.04 bits per heavy atom. The van der Waals surface area contributed by atoms with Crippen molar-refractivity contribution >= 4 is 88.7 Å². The Labute approximate surface area is 506 Å². The molecule has 1 amide bonds. The van der Waals surface area contributed by atoms with E-state index in [2.05, 4.69) is 50.2 Å². The number of fused-ring (bicyclic) bond motifs is 2. The molecule has 6 aromatic heterocycles. The summed E-state index contributed by atoms with van der Waals surface area (Å²) in [6, 6.07) is 47.8. The molecule has 2 saturated carbocycles.